The van der Waals surface area contributed by atoms with Crippen LogP contribution < -0.4 is 10.5 Å². The number of amides is 1. The Hall–Kier alpha value is -3.91. The van der Waals surface area contributed by atoms with Gasteiger partial charge in [-0.15, -0.1) is 0 Å². The number of hydrogen-bond acceptors (Lipinski definition) is 6. The number of rotatable bonds is 5. The first-order valence-electron chi connectivity index (χ1n) is 14.0. The van der Waals surface area contributed by atoms with Crippen LogP contribution in [0, 0.1) is 5.92 Å². The van der Waals surface area contributed by atoms with E-state index in [1.165, 1.54) is 11.1 Å². The maximum atomic E-state index is 12.1. The lowest BCUT2D eigenvalue weighted by atomic mass is 9.79. The molecule has 7 rings (SSSR count). The minimum Gasteiger partial charge on any atom is -0.485 e. The highest BCUT2D eigenvalue weighted by atomic mass is 16.5. The Kier molecular flexibility index (Phi) is 6.00. The number of likely N-dealkylation sites (N-methyl/N-ethyl adjacent to an activating group) is 1. The molecule has 4 heterocycles. The van der Waals surface area contributed by atoms with E-state index in [-0.39, 0.29) is 12.0 Å². The number of piperazine rings is 1. The van der Waals surface area contributed by atoms with Crippen molar-refractivity contribution in [3.05, 3.63) is 72.2 Å². The number of carbonyl (C=O) groups excluding carboxylic acids is 1. The number of aromatic nitrogens is 3. The number of nitrogens with zero attached hydrogens (tertiary/aromatic N) is 5. The lowest BCUT2D eigenvalue weighted by Crippen LogP contribution is -2.50. The van der Waals surface area contributed by atoms with Crippen molar-refractivity contribution in [1.82, 2.24) is 24.3 Å². The van der Waals surface area contributed by atoms with E-state index in [1.807, 2.05) is 18.0 Å². The first-order chi connectivity index (χ1) is 19.0. The van der Waals surface area contributed by atoms with E-state index >= 15 is 0 Å². The van der Waals surface area contributed by atoms with E-state index in [0.717, 1.165) is 73.2 Å². The summed E-state index contributed by atoms with van der Waals surface area (Å²) in [5, 5.41) is 0.904. The van der Waals surface area contributed by atoms with Gasteiger partial charge in [0.05, 0.1) is 11.9 Å². The van der Waals surface area contributed by atoms with Crippen LogP contribution in [0.5, 0.6) is 5.75 Å². The van der Waals surface area contributed by atoms with E-state index in [4.69, 9.17) is 10.5 Å². The summed E-state index contributed by atoms with van der Waals surface area (Å²) in [6.07, 6.45) is 7.93. The molecular formula is C31H34N6O2. The fourth-order valence-corrected chi connectivity index (χ4v) is 6.45. The smallest absolute Gasteiger partial charge is 0.236 e. The summed E-state index contributed by atoms with van der Waals surface area (Å²) in [7, 11) is 1.89. The van der Waals surface area contributed by atoms with Gasteiger partial charge in [0.25, 0.3) is 0 Å². The Morgan fingerprint density at radius 1 is 1.08 bits per heavy atom. The number of benzene rings is 2. The second-order valence-corrected chi connectivity index (χ2v) is 11.3. The van der Waals surface area contributed by atoms with E-state index in [9.17, 15) is 4.79 Å². The molecule has 2 aliphatic heterocycles. The van der Waals surface area contributed by atoms with Crippen LogP contribution in [0.3, 0.4) is 0 Å². The maximum absolute atomic E-state index is 12.1. The Labute approximate surface area is 228 Å². The molecule has 2 N–H and O–H groups in total. The van der Waals surface area contributed by atoms with Gasteiger partial charge in [0.2, 0.25) is 5.91 Å². The van der Waals surface area contributed by atoms with Crippen molar-refractivity contribution in [2.45, 2.75) is 37.8 Å². The first kappa shape index (κ1) is 24.2. The molecule has 2 fully saturated rings. The van der Waals surface area contributed by atoms with E-state index in [1.54, 1.807) is 6.33 Å². The molecule has 39 heavy (non-hydrogen) atoms. The summed E-state index contributed by atoms with van der Waals surface area (Å²) >= 11 is 0. The molecule has 200 valence electrons. The molecule has 0 spiro atoms. The predicted octanol–water partition coefficient (Wildman–Crippen LogP) is 4.47. The van der Waals surface area contributed by atoms with Gasteiger partial charge in [-0.1, -0.05) is 42.5 Å². The zero-order chi connectivity index (χ0) is 26.5. The van der Waals surface area contributed by atoms with Gasteiger partial charge < -0.3 is 19.9 Å². The minimum absolute atomic E-state index is 0.0613. The number of ether oxygens (including phenoxy) is 1. The summed E-state index contributed by atoms with van der Waals surface area (Å²) < 4.78 is 8.80. The molecule has 1 aliphatic carbocycles. The predicted molar refractivity (Wildman–Crippen MR) is 151 cm³/mol. The molecule has 4 aromatic rings. The fourth-order valence-electron chi connectivity index (χ4n) is 6.45. The van der Waals surface area contributed by atoms with Crippen molar-refractivity contribution < 1.29 is 9.53 Å². The number of anilines is 1. The van der Waals surface area contributed by atoms with Crippen LogP contribution in [0.25, 0.3) is 22.2 Å². The Bertz CT molecular complexity index is 1530. The first-order valence-corrected chi connectivity index (χ1v) is 14.0. The highest BCUT2D eigenvalue weighted by Crippen LogP contribution is 2.44. The molecule has 3 aliphatic rings. The van der Waals surface area contributed by atoms with Crippen molar-refractivity contribution in [3.63, 3.8) is 0 Å². The van der Waals surface area contributed by atoms with Gasteiger partial charge in [-0.2, -0.15) is 0 Å². The molecule has 1 unspecified atom stereocenters. The topological polar surface area (TPSA) is 89.5 Å². The standard InChI is InChI=1S/C31H34N6O2/c1-35-11-12-36(18-28(35)38)16-20-13-24(14-20)37-17-25(29-30(32)33-19-34-31(29)37)23-8-7-22-9-10-26(39-27(22)15-23)21-5-3-2-4-6-21/h2-8,15,17,19-20,24,26H,9-14,16,18H2,1H3,(H2,32,33,34). The molecule has 2 aromatic heterocycles. The Morgan fingerprint density at radius 3 is 2.74 bits per heavy atom. The number of fused-ring (bicyclic) bond motifs is 2. The van der Waals surface area contributed by atoms with Crippen LogP contribution in [0.1, 0.15) is 42.5 Å². The van der Waals surface area contributed by atoms with Crippen molar-refractivity contribution in [3.8, 4) is 16.9 Å². The third-order valence-electron chi connectivity index (χ3n) is 8.79. The van der Waals surface area contributed by atoms with Crippen LogP contribution in [-0.4, -0.2) is 63.5 Å². The molecule has 8 heteroatoms. The van der Waals surface area contributed by atoms with Crippen LogP contribution >= 0.6 is 0 Å². The van der Waals surface area contributed by atoms with Crippen LogP contribution in [0.2, 0.25) is 0 Å². The third kappa shape index (κ3) is 4.42. The van der Waals surface area contributed by atoms with Crippen LogP contribution in [0.15, 0.2) is 61.1 Å². The maximum Gasteiger partial charge on any atom is 0.236 e. The molecule has 8 nitrogen and oxygen atoms in total. The molecule has 0 radical (unpaired) electrons. The van der Waals surface area contributed by atoms with Crippen LogP contribution in [0.4, 0.5) is 5.82 Å². The molecule has 1 saturated carbocycles. The summed E-state index contributed by atoms with van der Waals surface area (Å²) in [6.45, 7) is 3.27. The molecule has 1 amide bonds. The average molecular weight is 523 g/mol. The van der Waals surface area contributed by atoms with E-state index < -0.39 is 0 Å². The van der Waals surface area contributed by atoms with Crippen molar-refractivity contribution in [2.75, 3.05) is 39.0 Å². The third-order valence-corrected chi connectivity index (χ3v) is 8.79. The van der Waals surface area contributed by atoms with Gasteiger partial charge in [-0.25, -0.2) is 9.97 Å². The minimum atomic E-state index is 0.0613. The Morgan fingerprint density at radius 2 is 1.92 bits per heavy atom. The molecular weight excluding hydrogens is 488 g/mol. The van der Waals surface area contributed by atoms with Crippen molar-refractivity contribution in [1.29, 1.82) is 0 Å². The molecule has 1 saturated heterocycles. The second kappa shape index (κ2) is 9.68. The normalized spacial score (nSPS) is 23.4. The van der Waals surface area contributed by atoms with E-state index in [2.05, 4.69) is 68.1 Å². The Balaban J connectivity index is 1.14. The summed E-state index contributed by atoms with van der Waals surface area (Å²) in [4.78, 5) is 25.3. The van der Waals surface area contributed by atoms with Gasteiger partial charge in [0, 0.05) is 44.5 Å². The summed E-state index contributed by atoms with van der Waals surface area (Å²) in [6, 6.07) is 17.3. The van der Waals surface area contributed by atoms with Gasteiger partial charge >= 0.3 is 0 Å². The summed E-state index contributed by atoms with van der Waals surface area (Å²) in [5.74, 6) is 2.24. The largest absolute Gasteiger partial charge is 0.485 e. The van der Waals surface area contributed by atoms with Crippen molar-refractivity contribution >= 4 is 22.8 Å². The highest BCUT2D eigenvalue weighted by molar-refractivity contribution is 6.01. The van der Waals surface area contributed by atoms with E-state index in [0.29, 0.717) is 24.3 Å². The van der Waals surface area contributed by atoms with Gasteiger partial charge in [-0.3, -0.25) is 9.69 Å². The molecule has 1 atom stereocenters. The summed E-state index contributed by atoms with van der Waals surface area (Å²) in [5.41, 5.74) is 11.9. The number of hydrogen-bond donors (Lipinski definition) is 1. The quantitative estimate of drug-likeness (QED) is 0.416. The van der Waals surface area contributed by atoms with Gasteiger partial charge in [-0.05, 0) is 54.4 Å². The fraction of sp³-hybridized carbons (Fsp3) is 0.387. The zero-order valence-electron chi connectivity index (χ0n) is 22.3. The number of aryl methyl sites for hydroxylation is 1. The SMILES string of the molecule is CN1CCN(CC2CC(n3cc(-c4ccc5c(c4)OC(c4ccccc4)CC5)c4c(N)ncnc43)C2)CC1=O. The zero-order valence-corrected chi connectivity index (χ0v) is 22.3. The molecule has 2 aromatic carbocycles. The van der Waals surface area contributed by atoms with Gasteiger partial charge in [0.1, 0.15) is 29.6 Å². The monoisotopic (exact) mass is 522 g/mol. The lowest BCUT2D eigenvalue weighted by Gasteiger charge is -2.41. The van der Waals surface area contributed by atoms with Gasteiger partial charge in [0.15, 0.2) is 0 Å². The van der Waals surface area contributed by atoms with Crippen molar-refractivity contribution in [2.24, 2.45) is 5.92 Å². The highest BCUT2D eigenvalue weighted by Gasteiger charge is 2.35. The number of nitrogen functional groups attached to an aromatic ring is 1. The number of nitrogens with two attached hydrogens (primary N) is 1. The number of carbonyl (C=O) groups is 1. The average Bonchev–Trinajstić information content (AvgIpc) is 3.33. The molecule has 0 bridgehead atoms. The van der Waals surface area contributed by atoms with Crippen LogP contribution in [-0.2, 0) is 11.2 Å². The lowest BCUT2D eigenvalue weighted by molar-refractivity contribution is -0.134. The second-order valence-electron chi connectivity index (χ2n) is 11.3.